The van der Waals surface area contributed by atoms with Crippen molar-refractivity contribution < 1.29 is 28.5 Å². The average Bonchev–Trinajstić information content (AvgIpc) is 3.95. The third kappa shape index (κ3) is 9.86. The van der Waals surface area contributed by atoms with E-state index in [9.17, 15) is 9.59 Å². The Morgan fingerprint density at radius 2 is 0.622 bits per heavy atom. The second kappa shape index (κ2) is 22.7. The summed E-state index contributed by atoms with van der Waals surface area (Å²) in [7, 11) is 6.68. The van der Waals surface area contributed by atoms with E-state index in [1.54, 1.807) is 60.9 Å². The average molecular weight is 1130 g/mol. The maximum atomic E-state index is 14.7. The van der Waals surface area contributed by atoms with Gasteiger partial charge in [-0.1, -0.05) is 48.5 Å². The molecular formula is C69H56N4O6S3. The summed E-state index contributed by atoms with van der Waals surface area (Å²) in [6, 6.07) is 70.8. The third-order valence-corrected chi connectivity index (χ3v) is 17.9. The Kier molecular flexibility index (Phi) is 14.8. The monoisotopic (exact) mass is 1130 g/mol. The highest BCUT2D eigenvalue weighted by molar-refractivity contribution is 7.80. The summed E-state index contributed by atoms with van der Waals surface area (Å²) in [6.07, 6.45) is 0. The van der Waals surface area contributed by atoms with Gasteiger partial charge in [-0.2, -0.15) is 0 Å². The smallest absolute Gasteiger partial charge is 0.266 e. The van der Waals surface area contributed by atoms with Crippen LogP contribution in [0.1, 0.15) is 25.0 Å². The molecule has 0 N–H and O–H groups in total. The second-order valence-electron chi connectivity index (χ2n) is 19.5. The lowest BCUT2D eigenvalue weighted by Gasteiger charge is -2.36. The SMILES string of the molecule is CCN1C(=O)C(=C2c3cc(-c4ccc(-c5ccc(N(c6ccc(OC)cc6)c6ccc(OC)cc6)cc5)s4)ccc3-c3ccc(-c4ccc(-c5ccc(N(c6ccc(OC)cc6)c6ccc(OC)cc6)cc5)s4)cc32)C(=O)N(CC)C1=S. The number of methoxy groups -OCH3 is 4. The molecule has 82 heavy (non-hydrogen) atoms. The van der Waals surface area contributed by atoms with Crippen LogP contribution in [0.25, 0.3) is 58.5 Å². The molecule has 2 aromatic heterocycles. The number of nitrogens with zero attached hydrogens (tertiary/aromatic N) is 4. The minimum atomic E-state index is -0.384. The van der Waals surface area contributed by atoms with Gasteiger partial charge in [0.25, 0.3) is 11.8 Å². The van der Waals surface area contributed by atoms with Crippen LogP contribution in [0.3, 0.4) is 0 Å². The van der Waals surface area contributed by atoms with Crippen molar-refractivity contribution in [2.75, 3.05) is 51.3 Å². The van der Waals surface area contributed by atoms with Crippen LogP contribution >= 0.6 is 34.9 Å². The van der Waals surface area contributed by atoms with Gasteiger partial charge in [0.05, 0.1) is 28.4 Å². The lowest BCUT2D eigenvalue weighted by molar-refractivity contribution is -0.133. The number of amides is 2. The molecule has 2 aliphatic rings. The molecule has 13 heteroatoms. The molecule has 0 atom stereocenters. The minimum Gasteiger partial charge on any atom is -0.497 e. The molecule has 0 bridgehead atoms. The fourth-order valence-corrected chi connectivity index (χ4v) is 13.3. The van der Waals surface area contributed by atoms with Crippen LogP contribution in [0.4, 0.5) is 34.1 Å². The van der Waals surface area contributed by atoms with Crippen LogP contribution in [0.5, 0.6) is 23.0 Å². The molecule has 0 saturated carbocycles. The van der Waals surface area contributed by atoms with Gasteiger partial charge in [-0.15, -0.1) is 22.7 Å². The molecule has 406 valence electrons. The largest absolute Gasteiger partial charge is 0.497 e. The van der Waals surface area contributed by atoms with E-state index in [1.165, 1.54) is 0 Å². The first-order valence-electron chi connectivity index (χ1n) is 26.9. The van der Waals surface area contributed by atoms with Crippen LogP contribution in [-0.4, -0.2) is 68.3 Å². The lowest BCUT2D eigenvalue weighted by Crippen LogP contribution is -2.56. The van der Waals surface area contributed by atoms with E-state index in [0.717, 1.165) is 121 Å². The highest BCUT2D eigenvalue weighted by Gasteiger charge is 2.42. The highest BCUT2D eigenvalue weighted by atomic mass is 32.1. The normalized spacial score (nSPS) is 12.8. The van der Waals surface area contributed by atoms with Crippen molar-refractivity contribution in [3.8, 4) is 75.9 Å². The Morgan fingerprint density at radius 1 is 0.354 bits per heavy atom. The summed E-state index contributed by atoms with van der Waals surface area (Å²) in [5.74, 6) is 2.37. The number of hydrogen-bond acceptors (Lipinski definition) is 11. The zero-order valence-electron chi connectivity index (χ0n) is 46.0. The van der Waals surface area contributed by atoms with Crippen LogP contribution in [-0.2, 0) is 9.59 Å². The van der Waals surface area contributed by atoms with Crippen molar-refractivity contribution in [1.82, 2.24) is 9.80 Å². The first kappa shape index (κ1) is 53.4. The van der Waals surface area contributed by atoms with Crippen LogP contribution < -0.4 is 28.7 Å². The molecule has 10 nitrogen and oxygen atoms in total. The standard InChI is InChI=1S/C69H56N4O6S3/c1-7-70-67(74)66(68(75)71(8-2)69(70)80)65-59-41-45(63-39-37-61(81-63)43-9-15-47(16-10-43)72(49-19-27-53(76-3)28-20-49)50-21-29-54(77-4)30-22-50)13-35-57(59)58-36-14-46(42-60(58)65)64-40-38-62(82-64)44-11-17-48(18-12-44)73(51-23-31-55(78-5)32-24-51)52-25-33-56(79-6)34-26-52/h9-42H,7-8H2,1-6H3. The Hall–Kier alpha value is -9.27. The van der Waals surface area contributed by atoms with Gasteiger partial charge in [0.1, 0.15) is 28.6 Å². The number of hydrogen-bond donors (Lipinski definition) is 0. The number of benzene rings is 8. The molecule has 1 aliphatic carbocycles. The van der Waals surface area contributed by atoms with E-state index in [2.05, 4.69) is 168 Å². The van der Waals surface area contributed by atoms with E-state index < -0.39 is 0 Å². The molecule has 0 spiro atoms. The van der Waals surface area contributed by atoms with E-state index in [-0.39, 0.29) is 22.5 Å². The van der Waals surface area contributed by atoms with Gasteiger partial charge in [0, 0.05) is 72.3 Å². The van der Waals surface area contributed by atoms with E-state index >= 15 is 0 Å². The third-order valence-electron chi connectivity index (χ3n) is 15.1. The Morgan fingerprint density at radius 3 is 0.902 bits per heavy atom. The predicted molar refractivity (Wildman–Crippen MR) is 338 cm³/mol. The van der Waals surface area contributed by atoms with E-state index in [1.807, 2.05) is 62.4 Å². The van der Waals surface area contributed by atoms with Gasteiger partial charge < -0.3 is 28.7 Å². The summed E-state index contributed by atoms with van der Waals surface area (Å²) < 4.78 is 21.9. The number of thiocarbonyl (C=S) groups is 1. The number of ether oxygens (including phenoxy) is 4. The fraction of sp³-hybridized carbons (Fsp3) is 0.116. The van der Waals surface area contributed by atoms with Crippen LogP contribution in [0.2, 0.25) is 0 Å². The minimum absolute atomic E-state index is 0.127. The number of likely N-dealkylation sites (N-methyl/N-ethyl adjacent to an activating group) is 2. The molecule has 2 amide bonds. The number of anilines is 6. The van der Waals surface area contributed by atoms with Crippen molar-refractivity contribution in [2.45, 2.75) is 13.8 Å². The highest BCUT2D eigenvalue weighted by Crippen LogP contribution is 2.51. The Balaban J connectivity index is 0.872. The number of rotatable bonds is 16. The molecule has 1 aliphatic heterocycles. The Labute approximate surface area is 490 Å². The summed E-state index contributed by atoms with van der Waals surface area (Å²) in [5, 5.41) is 0.229. The molecule has 10 aromatic rings. The topological polar surface area (TPSA) is 84.0 Å². The van der Waals surface area contributed by atoms with Gasteiger partial charge in [0.2, 0.25) is 0 Å². The van der Waals surface area contributed by atoms with Gasteiger partial charge in [-0.25, -0.2) is 0 Å². The summed E-state index contributed by atoms with van der Waals surface area (Å²) in [4.78, 5) is 41.3. The summed E-state index contributed by atoms with van der Waals surface area (Å²) in [6.45, 7) is 4.45. The number of carbonyl (C=O) groups is 2. The predicted octanol–water partition coefficient (Wildman–Crippen LogP) is 17.2. The fourth-order valence-electron chi connectivity index (χ4n) is 10.8. The molecule has 8 aromatic carbocycles. The molecule has 0 radical (unpaired) electrons. The van der Waals surface area contributed by atoms with Crippen LogP contribution in [0.15, 0.2) is 212 Å². The second-order valence-corrected chi connectivity index (χ2v) is 22.1. The van der Waals surface area contributed by atoms with Gasteiger partial charge >= 0.3 is 0 Å². The molecule has 12 rings (SSSR count). The number of carbonyl (C=O) groups excluding carboxylic acids is 2. The molecule has 3 heterocycles. The number of fused-ring (bicyclic) bond motifs is 3. The van der Waals surface area contributed by atoms with Crippen molar-refractivity contribution >= 4 is 91.5 Å². The van der Waals surface area contributed by atoms with E-state index in [0.29, 0.717) is 18.7 Å². The van der Waals surface area contributed by atoms with E-state index in [4.69, 9.17) is 31.2 Å². The van der Waals surface area contributed by atoms with Gasteiger partial charge in [0.15, 0.2) is 5.11 Å². The summed E-state index contributed by atoms with van der Waals surface area (Å²) in [5.41, 5.74) is 14.4. The zero-order chi connectivity index (χ0) is 56.6. The zero-order valence-corrected chi connectivity index (χ0v) is 48.5. The van der Waals surface area contributed by atoms with Crippen molar-refractivity contribution in [3.63, 3.8) is 0 Å². The molecular weight excluding hydrogens is 1080 g/mol. The van der Waals surface area contributed by atoms with Crippen molar-refractivity contribution in [3.05, 3.63) is 223 Å². The van der Waals surface area contributed by atoms with Crippen molar-refractivity contribution in [1.29, 1.82) is 0 Å². The maximum Gasteiger partial charge on any atom is 0.266 e. The lowest BCUT2D eigenvalue weighted by atomic mass is 9.93. The molecule has 1 saturated heterocycles. The van der Waals surface area contributed by atoms with Gasteiger partial charge in [-0.3, -0.25) is 19.4 Å². The quantitative estimate of drug-likeness (QED) is 0.0534. The first-order valence-corrected chi connectivity index (χ1v) is 28.9. The first-order chi connectivity index (χ1) is 40.1. The summed E-state index contributed by atoms with van der Waals surface area (Å²) >= 11 is 9.17. The number of thiophene rings is 2. The van der Waals surface area contributed by atoms with Crippen LogP contribution in [0, 0.1) is 0 Å². The van der Waals surface area contributed by atoms with Gasteiger partial charge in [-0.05, 0) is 228 Å². The van der Waals surface area contributed by atoms with Crippen molar-refractivity contribution in [2.24, 2.45) is 0 Å². The maximum absolute atomic E-state index is 14.7. The Bertz CT molecular complexity index is 3700. The molecule has 1 fully saturated rings. The molecule has 0 unspecified atom stereocenters.